The SMILES string of the molecule is C=C(C)C(=O)NC1C(C)COP1(=O)O. The molecule has 14 heavy (non-hydrogen) atoms. The van der Waals surface area contributed by atoms with Crippen LogP contribution in [0.1, 0.15) is 13.8 Å². The van der Waals surface area contributed by atoms with Crippen LogP contribution in [0.5, 0.6) is 0 Å². The average Bonchev–Trinajstić information content (AvgIpc) is 2.31. The van der Waals surface area contributed by atoms with Crippen LogP contribution in [0.25, 0.3) is 0 Å². The highest BCUT2D eigenvalue weighted by Gasteiger charge is 2.44. The van der Waals surface area contributed by atoms with Crippen molar-refractivity contribution in [3.05, 3.63) is 12.2 Å². The minimum Gasteiger partial charge on any atom is -0.338 e. The fourth-order valence-corrected chi connectivity index (χ4v) is 2.82. The summed E-state index contributed by atoms with van der Waals surface area (Å²) in [7, 11) is -3.68. The summed E-state index contributed by atoms with van der Waals surface area (Å²) in [6.07, 6.45) is 0. The lowest BCUT2D eigenvalue weighted by atomic mass is 10.2. The molecule has 1 rings (SSSR count). The van der Waals surface area contributed by atoms with Crippen molar-refractivity contribution in [2.45, 2.75) is 19.6 Å². The third kappa shape index (κ3) is 2.23. The molecule has 1 heterocycles. The quantitative estimate of drug-likeness (QED) is 0.533. The van der Waals surface area contributed by atoms with Gasteiger partial charge in [-0.15, -0.1) is 0 Å². The molecule has 3 atom stereocenters. The van der Waals surface area contributed by atoms with Crippen molar-refractivity contribution in [3.8, 4) is 0 Å². The molecule has 0 saturated carbocycles. The lowest BCUT2D eigenvalue weighted by molar-refractivity contribution is -0.117. The molecule has 0 aromatic carbocycles. The summed E-state index contributed by atoms with van der Waals surface area (Å²) in [5.41, 5.74) is 0.309. The Bertz CT molecular complexity index is 314. The van der Waals surface area contributed by atoms with E-state index in [1.165, 1.54) is 6.92 Å². The van der Waals surface area contributed by atoms with E-state index in [4.69, 9.17) is 4.52 Å². The monoisotopic (exact) mass is 219 g/mol. The Labute approximate surface area is 82.7 Å². The number of carbonyl (C=O) groups is 1. The summed E-state index contributed by atoms with van der Waals surface area (Å²) in [6.45, 7) is 6.92. The van der Waals surface area contributed by atoms with Gasteiger partial charge >= 0.3 is 7.60 Å². The third-order valence-electron chi connectivity index (χ3n) is 2.08. The van der Waals surface area contributed by atoms with Gasteiger partial charge < -0.3 is 14.7 Å². The van der Waals surface area contributed by atoms with E-state index in [0.29, 0.717) is 5.57 Å². The van der Waals surface area contributed by atoms with E-state index in [1.54, 1.807) is 6.92 Å². The fourth-order valence-electron chi connectivity index (χ4n) is 1.20. The van der Waals surface area contributed by atoms with Gasteiger partial charge in [-0.1, -0.05) is 13.5 Å². The molecule has 0 spiro atoms. The summed E-state index contributed by atoms with van der Waals surface area (Å²) >= 11 is 0. The van der Waals surface area contributed by atoms with E-state index in [0.717, 1.165) is 0 Å². The molecule has 5 nitrogen and oxygen atoms in total. The molecule has 3 unspecified atom stereocenters. The van der Waals surface area contributed by atoms with Gasteiger partial charge in [0.1, 0.15) is 5.78 Å². The molecule has 0 bridgehead atoms. The Balaban J connectivity index is 2.72. The number of hydrogen-bond acceptors (Lipinski definition) is 3. The molecule has 0 aliphatic carbocycles. The number of amides is 1. The number of carbonyl (C=O) groups excluding carboxylic acids is 1. The van der Waals surface area contributed by atoms with Gasteiger partial charge in [0.25, 0.3) is 0 Å². The van der Waals surface area contributed by atoms with Crippen molar-refractivity contribution in [1.82, 2.24) is 5.32 Å². The Kier molecular flexibility index (Phi) is 3.14. The zero-order valence-corrected chi connectivity index (χ0v) is 9.08. The van der Waals surface area contributed by atoms with Gasteiger partial charge in [-0.25, -0.2) is 0 Å². The van der Waals surface area contributed by atoms with Crippen LogP contribution in [0.4, 0.5) is 0 Å². The van der Waals surface area contributed by atoms with Crippen molar-refractivity contribution in [2.75, 3.05) is 6.61 Å². The van der Waals surface area contributed by atoms with Gasteiger partial charge in [0.05, 0.1) is 6.61 Å². The summed E-state index contributed by atoms with van der Waals surface area (Å²) < 4.78 is 16.1. The van der Waals surface area contributed by atoms with E-state index >= 15 is 0 Å². The maximum Gasteiger partial charge on any atom is 0.350 e. The van der Waals surface area contributed by atoms with Crippen molar-refractivity contribution in [3.63, 3.8) is 0 Å². The first kappa shape index (κ1) is 11.4. The van der Waals surface area contributed by atoms with Gasteiger partial charge in [0.15, 0.2) is 0 Å². The molecule has 1 aliphatic rings. The topological polar surface area (TPSA) is 75.6 Å². The van der Waals surface area contributed by atoms with Crippen molar-refractivity contribution < 1.29 is 18.8 Å². The highest BCUT2D eigenvalue weighted by atomic mass is 31.2. The van der Waals surface area contributed by atoms with Crippen molar-refractivity contribution >= 4 is 13.5 Å². The van der Waals surface area contributed by atoms with Gasteiger partial charge in [-0.2, -0.15) is 0 Å². The van der Waals surface area contributed by atoms with Crippen molar-refractivity contribution in [2.24, 2.45) is 5.92 Å². The number of rotatable bonds is 2. The summed E-state index contributed by atoms with van der Waals surface area (Å²) in [5.74, 6) is -1.39. The lowest BCUT2D eigenvalue weighted by Gasteiger charge is -2.17. The second-order valence-corrected chi connectivity index (χ2v) is 5.48. The van der Waals surface area contributed by atoms with Crippen molar-refractivity contribution in [1.29, 1.82) is 0 Å². The van der Waals surface area contributed by atoms with Crippen LogP contribution < -0.4 is 5.32 Å². The zero-order chi connectivity index (χ0) is 10.9. The molecule has 1 fully saturated rings. The largest absolute Gasteiger partial charge is 0.350 e. The number of hydrogen-bond donors (Lipinski definition) is 2. The Hall–Kier alpha value is -0.640. The molecule has 1 amide bonds. The number of nitrogens with one attached hydrogen (secondary N) is 1. The molecular formula is C8H14NO4P. The summed E-state index contributed by atoms with van der Waals surface area (Å²) in [5, 5.41) is 2.44. The lowest BCUT2D eigenvalue weighted by Crippen LogP contribution is -2.37. The minimum atomic E-state index is -3.68. The molecule has 0 radical (unpaired) electrons. The maximum atomic E-state index is 11.4. The highest BCUT2D eigenvalue weighted by molar-refractivity contribution is 7.53. The zero-order valence-electron chi connectivity index (χ0n) is 8.19. The Morgan fingerprint density at radius 2 is 2.29 bits per heavy atom. The highest BCUT2D eigenvalue weighted by Crippen LogP contribution is 2.54. The smallest absolute Gasteiger partial charge is 0.338 e. The third-order valence-corrected chi connectivity index (χ3v) is 3.94. The van der Waals surface area contributed by atoms with Crippen LogP contribution >= 0.6 is 7.60 Å². The molecule has 0 aromatic heterocycles. The normalized spacial score (nSPS) is 36.8. The second kappa shape index (κ2) is 3.85. The van der Waals surface area contributed by atoms with Gasteiger partial charge in [0.2, 0.25) is 5.91 Å². The second-order valence-electron chi connectivity index (χ2n) is 3.54. The van der Waals surface area contributed by atoms with E-state index in [2.05, 4.69) is 11.9 Å². The maximum absolute atomic E-state index is 11.4. The molecular weight excluding hydrogens is 205 g/mol. The first-order valence-electron chi connectivity index (χ1n) is 4.28. The van der Waals surface area contributed by atoms with Gasteiger partial charge in [-0.05, 0) is 6.92 Å². The minimum absolute atomic E-state index is 0.158. The summed E-state index contributed by atoms with van der Waals surface area (Å²) in [4.78, 5) is 20.6. The molecule has 1 aliphatic heterocycles. The molecule has 1 saturated heterocycles. The van der Waals surface area contributed by atoms with Crippen LogP contribution in [-0.4, -0.2) is 23.2 Å². The van der Waals surface area contributed by atoms with E-state index in [9.17, 15) is 14.3 Å². The predicted octanol–water partition coefficient (Wildman–Crippen LogP) is 0.857. The van der Waals surface area contributed by atoms with E-state index in [-0.39, 0.29) is 12.5 Å². The van der Waals surface area contributed by atoms with Crippen LogP contribution in [0, 0.1) is 5.92 Å². The average molecular weight is 219 g/mol. The first-order chi connectivity index (χ1) is 6.34. The Morgan fingerprint density at radius 3 is 2.64 bits per heavy atom. The fraction of sp³-hybridized carbons (Fsp3) is 0.625. The molecule has 6 heteroatoms. The molecule has 0 aromatic rings. The van der Waals surface area contributed by atoms with Gasteiger partial charge in [0, 0.05) is 11.5 Å². The molecule has 80 valence electrons. The predicted molar refractivity (Wildman–Crippen MR) is 51.7 cm³/mol. The molecule has 2 N–H and O–H groups in total. The summed E-state index contributed by atoms with van der Waals surface area (Å²) in [6, 6.07) is 0. The van der Waals surface area contributed by atoms with Gasteiger partial charge in [-0.3, -0.25) is 9.36 Å². The Morgan fingerprint density at radius 1 is 1.71 bits per heavy atom. The van der Waals surface area contributed by atoms with Crippen LogP contribution in [0.15, 0.2) is 12.2 Å². The van der Waals surface area contributed by atoms with Crippen LogP contribution in [-0.2, 0) is 13.9 Å². The first-order valence-corrected chi connectivity index (χ1v) is 5.92. The van der Waals surface area contributed by atoms with Crippen LogP contribution in [0.2, 0.25) is 0 Å². The van der Waals surface area contributed by atoms with E-state index in [1.807, 2.05) is 0 Å². The van der Waals surface area contributed by atoms with Crippen LogP contribution in [0.3, 0.4) is 0 Å². The standard InChI is InChI=1S/C8H14NO4P/c1-5(2)7(10)9-8-6(3)4-13-14(8,11)12/h6,8H,1,4H2,2-3H3,(H,9,10)(H,11,12). The van der Waals surface area contributed by atoms with E-state index < -0.39 is 19.3 Å².